The lowest BCUT2D eigenvalue weighted by Crippen LogP contribution is -2.29. The van der Waals surface area contributed by atoms with Gasteiger partial charge in [-0.15, -0.1) is 0 Å². The molecule has 0 radical (unpaired) electrons. The summed E-state index contributed by atoms with van der Waals surface area (Å²) in [4.78, 5) is 13.4. The van der Waals surface area contributed by atoms with Gasteiger partial charge in [-0.2, -0.15) is 4.99 Å². The zero-order valence-corrected chi connectivity index (χ0v) is 7.18. The van der Waals surface area contributed by atoms with Crippen molar-refractivity contribution in [1.29, 1.82) is 0 Å². The van der Waals surface area contributed by atoms with Gasteiger partial charge >= 0.3 is 0 Å². The summed E-state index contributed by atoms with van der Waals surface area (Å²) in [5.74, 6) is 0.600. The monoisotopic (exact) mass is 166 g/mol. The zero-order chi connectivity index (χ0) is 8.81. The Morgan fingerprint density at radius 1 is 1.75 bits per heavy atom. The van der Waals surface area contributed by atoms with E-state index in [9.17, 15) is 4.79 Å². The van der Waals surface area contributed by atoms with Crippen molar-refractivity contribution in [3.8, 4) is 0 Å². The van der Waals surface area contributed by atoms with Crippen LogP contribution in [0.4, 0.5) is 0 Å². The Balaban J connectivity index is 2.29. The van der Waals surface area contributed by atoms with Gasteiger partial charge in [-0.1, -0.05) is 6.58 Å². The molecule has 1 fully saturated rings. The molecule has 3 nitrogen and oxygen atoms in total. The molecule has 1 aliphatic heterocycles. The summed E-state index contributed by atoms with van der Waals surface area (Å²) >= 11 is 0. The van der Waals surface area contributed by atoms with Gasteiger partial charge in [-0.25, -0.2) is 4.79 Å². The number of hydrogen-bond donors (Lipinski definition) is 1. The standard InChI is InChI=1S/C9H14N2O/c1-8(11-7-12)5-9-3-2-4-10-6-9/h9-10H,1-6H2. The largest absolute Gasteiger partial charge is 0.316 e. The molecule has 1 aliphatic rings. The van der Waals surface area contributed by atoms with Gasteiger partial charge in [0.25, 0.3) is 0 Å². The summed E-state index contributed by atoms with van der Waals surface area (Å²) in [6, 6.07) is 0. The first kappa shape index (κ1) is 9.17. The molecule has 1 N–H and O–H groups in total. The second-order valence-corrected chi connectivity index (χ2v) is 3.19. The van der Waals surface area contributed by atoms with Gasteiger partial charge in [0.2, 0.25) is 6.08 Å². The van der Waals surface area contributed by atoms with Crippen LogP contribution in [0.5, 0.6) is 0 Å². The molecule has 0 amide bonds. The van der Waals surface area contributed by atoms with Crippen molar-refractivity contribution in [3.63, 3.8) is 0 Å². The second kappa shape index (κ2) is 4.86. The number of nitrogens with one attached hydrogen (secondary N) is 1. The van der Waals surface area contributed by atoms with Crippen LogP contribution in [0.3, 0.4) is 0 Å². The topological polar surface area (TPSA) is 41.5 Å². The fourth-order valence-corrected chi connectivity index (χ4v) is 1.54. The predicted molar refractivity (Wildman–Crippen MR) is 47.5 cm³/mol. The number of rotatable bonds is 3. The normalized spacial score (nSPS) is 22.8. The van der Waals surface area contributed by atoms with Crippen LogP contribution in [-0.2, 0) is 4.79 Å². The molecule has 0 aromatic heterocycles. The lowest BCUT2D eigenvalue weighted by molar-refractivity contribution is 0.375. The molecule has 0 bridgehead atoms. The SMILES string of the molecule is C=C(CC1CCCNC1)N=C=O. The molecule has 1 saturated heterocycles. The number of piperidine rings is 1. The van der Waals surface area contributed by atoms with Crippen LogP contribution in [0.1, 0.15) is 19.3 Å². The molecule has 0 aliphatic carbocycles. The van der Waals surface area contributed by atoms with Crippen LogP contribution in [-0.4, -0.2) is 19.2 Å². The highest BCUT2D eigenvalue weighted by molar-refractivity contribution is 5.36. The molecule has 3 heteroatoms. The highest BCUT2D eigenvalue weighted by atomic mass is 16.1. The van der Waals surface area contributed by atoms with Crippen molar-refractivity contribution < 1.29 is 4.79 Å². The zero-order valence-electron chi connectivity index (χ0n) is 7.18. The molecule has 0 aromatic carbocycles. The number of allylic oxidation sites excluding steroid dienone is 1. The van der Waals surface area contributed by atoms with E-state index in [-0.39, 0.29) is 0 Å². The maximum atomic E-state index is 9.89. The number of carbonyl (C=O) groups excluding carboxylic acids is 1. The second-order valence-electron chi connectivity index (χ2n) is 3.19. The lowest BCUT2D eigenvalue weighted by Gasteiger charge is -2.21. The molecule has 0 aromatic rings. The van der Waals surface area contributed by atoms with E-state index in [2.05, 4.69) is 16.9 Å². The van der Waals surface area contributed by atoms with Gasteiger partial charge < -0.3 is 5.32 Å². The Morgan fingerprint density at radius 3 is 3.17 bits per heavy atom. The van der Waals surface area contributed by atoms with Crippen molar-refractivity contribution in [2.75, 3.05) is 13.1 Å². The van der Waals surface area contributed by atoms with Crippen molar-refractivity contribution in [1.82, 2.24) is 5.32 Å². The molecule has 1 rings (SSSR count). The summed E-state index contributed by atoms with van der Waals surface area (Å²) in [6.45, 7) is 5.81. The van der Waals surface area contributed by atoms with E-state index in [4.69, 9.17) is 0 Å². The highest BCUT2D eigenvalue weighted by Crippen LogP contribution is 2.18. The molecule has 66 valence electrons. The van der Waals surface area contributed by atoms with Crippen molar-refractivity contribution in [2.24, 2.45) is 10.9 Å². The minimum absolute atomic E-state index is 0.600. The van der Waals surface area contributed by atoms with E-state index >= 15 is 0 Å². The summed E-state index contributed by atoms with van der Waals surface area (Å²) in [5.41, 5.74) is 0.652. The minimum Gasteiger partial charge on any atom is -0.316 e. The van der Waals surface area contributed by atoms with Crippen LogP contribution in [0, 0.1) is 5.92 Å². The van der Waals surface area contributed by atoms with Crippen LogP contribution in [0.25, 0.3) is 0 Å². The Morgan fingerprint density at radius 2 is 2.58 bits per heavy atom. The number of isocyanates is 1. The first-order chi connectivity index (χ1) is 5.83. The summed E-state index contributed by atoms with van der Waals surface area (Å²) in [7, 11) is 0. The summed E-state index contributed by atoms with van der Waals surface area (Å²) in [6.07, 6.45) is 4.75. The van der Waals surface area contributed by atoms with Crippen LogP contribution < -0.4 is 5.32 Å². The Bertz CT molecular complexity index is 201. The molecule has 0 saturated carbocycles. The van der Waals surface area contributed by atoms with Gasteiger partial charge in [0.05, 0.1) is 0 Å². The fourth-order valence-electron chi connectivity index (χ4n) is 1.54. The first-order valence-corrected chi connectivity index (χ1v) is 4.29. The third-order valence-electron chi connectivity index (χ3n) is 2.13. The smallest absolute Gasteiger partial charge is 0.240 e. The number of nitrogens with zero attached hydrogens (tertiary/aromatic N) is 1. The van der Waals surface area contributed by atoms with E-state index in [1.807, 2.05) is 0 Å². The molecule has 1 unspecified atom stereocenters. The van der Waals surface area contributed by atoms with E-state index in [0.717, 1.165) is 19.5 Å². The van der Waals surface area contributed by atoms with Crippen molar-refractivity contribution in [3.05, 3.63) is 12.3 Å². The van der Waals surface area contributed by atoms with Crippen molar-refractivity contribution in [2.45, 2.75) is 19.3 Å². The Hall–Kier alpha value is -0.920. The number of aliphatic imine (C=N–C) groups is 1. The van der Waals surface area contributed by atoms with E-state index in [0.29, 0.717) is 11.6 Å². The summed E-state index contributed by atoms with van der Waals surface area (Å²) < 4.78 is 0. The molecule has 12 heavy (non-hydrogen) atoms. The maximum absolute atomic E-state index is 9.89. The third kappa shape index (κ3) is 2.99. The van der Waals surface area contributed by atoms with Crippen LogP contribution in [0.2, 0.25) is 0 Å². The molecular formula is C9H14N2O. The highest BCUT2D eigenvalue weighted by Gasteiger charge is 2.13. The predicted octanol–water partition coefficient (Wildman–Crippen LogP) is 1.23. The maximum Gasteiger partial charge on any atom is 0.240 e. The summed E-state index contributed by atoms with van der Waals surface area (Å²) in [5, 5.41) is 3.30. The van der Waals surface area contributed by atoms with Gasteiger partial charge in [-0.3, -0.25) is 0 Å². The Labute approximate surface area is 72.6 Å². The average Bonchev–Trinajstić information content (AvgIpc) is 2.06. The van der Waals surface area contributed by atoms with E-state index in [1.54, 1.807) is 0 Å². The van der Waals surface area contributed by atoms with Gasteiger partial charge in [0, 0.05) is 5.70 Å². The molecule has 0 spiro atoms. The third-order valence-corrected chi connectivity index (χ3v) is 2.13. The van der Waals surface area contributed by atoms with Gasteiger partial charge in [0.15, 0.2) is 0 Å². The lowest BCUT2D eigenvalue weighted by atomic mass is 9.95. The Kier molecular flexibility index (Phi) is 3.71. The molecular weight excluding hydrogens is 152 g/mol. The van der Waals surface area contributed by atoms with Crippen LogP contribution in [0.15, 0.2) is 17.3 Å². The average molecular weight is 166 g/mol. The van der Waals surface area contributed by atoms with E-state index < -0.39 is 0 Å². The van der Waals surface area contributed by atoms with Gasteiger partial charge in [0.1, 0.15) is 0 Å². The molecule has 1 heterocycles. The first-order valence-electron chi connectivity index (χ1n) is 4.29. The quantitative estimate of drug-likeness (QED) is 0.506. The minimum atomic E-state index is 0.600. The number of hydrogen-bond acceptors (Lipinski definition) is 3. The van der Waals surface area contributed by atoms with Crippen molar-refractivity contribution >= 4 is 6.08 Å². The van der Waals surface area contributed by atoms with Crippen LogP contribution >= 0.6 is 0 Å². The fraction of sp³-hybridized carbons (Fsp3) is 0.667. The van der Waals surface area contributed by atoms with Gasteiger partial charge in [-0.05, 0) is 38.3 Å². The van der Waals surface area contributed by atoms with E-state index in [1.165, 1.54) is 18.9 Å². The molecule has 1 atom stereocenters.